The lowest BCUT2D eigenvalue weighted by Crippen LogP contribution is -2.37. The van der Waals surface area contributed by atoms with Crippen LogP contribution in [0.15, 0.2) is 72.8 Å². The third-order valence-corrected chi connectivity index (χ3v) is 5.60. The van der Waals surface area contributed by atoms with Gasteiger partial charge in [-0.2, -0.15) is 0 Å². The Morgan fingerprint density at radius 3 is 2.38 bits per heavy atom. The molecule has 1 aliphatic rings. The lowest BCUT2D eigenvalue weighted by atomic mass is 10.1. The summed E-state index contributed by atoms with van der Waals surface area (Å²) in [5, 5.41) is 2.66. The van der Waals surface area contributed by atoms with E-state index in [0.717, 1.165) is 16.0 Å². The van der Waals surface area contributed by atoms with E-state index in [-0.39, 0.29) is 13.0 Å². The number of carbonyl (C=O) groups excluding carboxylic acids is 3. The first-order valence-corrected chi connectivity index (χ1v) is 10.8. The van der Waals surface area contributed by atoms with Crippen LogP contribution in [0.2, 0.25) is 0 Å². The Balaban J connectivity index is 1.60. The van der Waals surface area contributed by atoms with Crippen molar-refractivity contribution in [1.82, 2.24) is 4.90 Å². The molecule has 4 rings (SSSR count). The molecule has 3 aromatic carbocycles. The number of carbonyl (C=O) groups is 3. The zero-order valence-corrected chi connectivity index (χ0v) is 18.8. The van der Waals surface area contributed by atoms with Crippen LogP contribution >= 0.6 is 0 Å². The maximum Gasteiger partial charge on any atom is 0.332 e. The van der Waals surface area contributed by atoms with Gasteiger partial charge < -0.3 is 15.0 Å². The summed E-state index contributed by atoms with van der Waals surface area (Å²) in [5.74, 6) is -0.680. The summed E-state index contributed by atoms with van der Waals surface area (Å²) in [7, 11) is 1.56. The number of methoxy groups -OCH3 is 1. The zero-order chi connectivity index (χ0) is 24.2. The molecular formula is C26H24FN3O4. The van der Waals surface area contributed by atoms with E-state index in [9.17, 15) is 18.8 Å². The SMILES string of the molecule is COc1ccc(CN2C(=O)N(c3cccc(C)c3)C(=O)C2CC(=O)Nc2ccc(F)cc2)cc1. The molecule has 1 aliphatic heterocycles. The van der Waals surface area contributed by atoms with Crippen molar-refractivity contribution in [2.75, 3.05) is 17.3 Å². The molecule has 1 fully saturated rings. The summed E-state index contributed by atoms with van der Waals surface area (Å²) >= 11 is 0. The fourth-order valence-corrected chi connectivity index (χ4v) is 3.87. The second-order valence-electron chi connectivity index (χ2n) is 8.05. The monoisotopic (exact) mass is 461 g/mol. The number of imide groups is 1. The van der Waals surface area contributed by atoms with Crippen LogP contribution in [-0.2, 0) is 16.1 Å². The van der Waals surface area contributed by atoms with E-state index in [1.54, 1.807) is 37.4 Å². The summed E-state index contributed by atoms with van der Waals surface area (Å²) in [6, 6.07) is 18.1. The normalized spacial score (nSPS) is 15.6. The minimum Gasteiger partial charge on any atom is -0.497 e. The summed E-state index contributed by atoms with van der Waals surface area (Å²) in [5.41, 5.74) is 2.55. The van der Waals surface area contributed by atoms with Crippen LogP contribution in [0, 0.1) is 12.7 Å². The third-order valence-electron chi connectivity index (χ3n) is 5.60. The van der Waals surface area contributed by atoms with Crippen LogP contribution in [0.5, 0.6) is 5.75 Å². The molecule has 8 heteroatoms. The molecule has 0 bridgehead atoms. The lowest BCUT2D eigenvalue weighted by molar-refractivity contribution is -0.124. The van der Waals surface area contributed by atoms with Gasteiger partial charge in [0.1, 0.15) is 17.6 Å². The van der Waals surface area contributed by atoms with Crippen LogP contribution < -0.4 is 15.0 Å². The molecule has 0 spiro atoms. The second-order valence-corrected chi connectivity index (χ2v) is 8.05. The first-order valence-electron chi connectivity index (χ1n) is 10.8. The molecule has 1 heterocycles. The van der Waals surface area contributed by atoms with E-state index >= 15 is 0 Å². The molecule has 1 unspecified atom stereocenters. The van der Waals surface area contributed by atoms with Crippen LogP contribution in [0.25, 0.3) is 0 Å². The highest BCUT2D eigenvalue weighted by molar-refractivity contribution is 6.22. The van der Waals surface area contributed by atoms with Gasteiger partial charge in [-0.1, -0.05) is 24.3 Å². The number of nitrogens with one attached hydrogen (secondary N) is 1. The van der Waals surface area contributed by atoms with Crippen molar-refractivity contribution in [3.05, 3.63) is 89.7 Å². The van der Waals surface area contributed by atoms with Crippen LogP contribution in [0.3, 0.4) is 0 Å². The molecular weight excluding hydrogens is 437 g/mol. The van der Waals surface area contributed by atoms with Gasteiger partial charge >= 0.3 is 6.03 Å². The number of aryl methyl sites for hydroxylation is 1. The van der Waals surface area contributed by atoms with E-state index < -0.39 is 29.7 Å². The standard InChI is InChI=1S/C26H24FN3O4/c1-17-4-3-5-21(14-17)30-25(32)23(15-24(31)28-20-10-8-19(27)9-11-20)29(26(30)33)16-18-6-12-22(34-2)13-7-18/h3-14,23H,15-16H2,1-2H3,(H,28,31). The molecule has 0 saturated carbocycles. The molecule has 1 atom stereocenters. The Hall–Kier alpha value is -4.20. The predicted octanol–water partition coefficient (Wildman–Crippen LogP) is 4.51. The minimum atomic E-state index is -0.990. The quantitative estimate of drug-likeness (QED) is 0.525. The lowest BCUT2D eigenvalue weighted by Gasteiger charge is -2.22. The van der Waals surface area contributed by atoms with Gasteiger partial charge in [-0.05, 0) is 66.6 Å². The van der Waals surface area contributed by atoms with E-state index in [1.807, 2.05) is 25.1 Å². The smallest absolute Gasteiger partial charge is 0.332 e. The van der Waals surface area contributed by atoms with Crippen LogP contribution in [-0.4, -0.2) is 35.9 Å². The molecule has 0 radical (unpaired) electrons. The van der Waals surface area contributed by atoms with Crippen molar-refractivity contribution in [3.63, 3.8) is 0 Å². The van der Waals surface area contributed by atoms with Gasteiger partial charge in [0.05, 0.1) is 19.2 Å². The number of benzene rings is 3. The highest BCUT2D eigenvalue weighted by atomic mass is 19.1. The van der Waals surface area contributed by atoms with Crippen molar-refractivity contribution in [2.24, 2.45) is 0 Å². The van der Waals surface area contributed by atoms with Gasteiger partial charge in [0.15, 0.2) is 0 Å². The minimum absolute atomic E-state index is 0.144. The molecule has 1 saturated heterocycles. The highest BCUT2D eigenvalue weighted by Gasteiger charge is 2.46. The topological polar surface area (TPSA) is 79.0 Å². The zero-order valence-electron chi connectivity index (χ0n) is 18.8. The van der Waals surface area contributed by atoms with Gasteiger partial charge in [-0.25, -0.2) is 14.1 Å². The third kappa shape index (κ3) is 4.91. The summed E-state index contributed by atoms with van der Waals surface area (Å²) in [6.45, 7) is 2.02. The fraction of sp³-hybridized carbons (Fsp3) is 0.192. The number of halogens is 1. The second kappa shape index (κ2) is 9.74. The number of anilines is 2. The molecule has 174 valence electrons. The Morgan fingerprint density at radius 2 is 1.74 bits per heavy atom. The number of hydrogen-bond acceptors (Lipinski definition) is 4. The fourth-order valence-electron chi connectivity index (χ4n) is 3.87. The van der Waals surface area contributed by atoms with E-state index in [2.05, 4.69) is 5.32 Å². The molecule has 7 nitrogen and oxygen atoms in total. The average Bonchev–Trinajstić information content (AvgIpc) is 3.05. The number of hydrogen-bond donors (Lipinski definition) is 1. The number of urea groups is 1. The predicted molar refractivity (Wildman–Crippen MR) is 126 cm³/mol. The number of nitrogens with zero attached hydrogens (tertiary/aromatic N) is 2. The Kier molecular flexibility index (Phi) is 6.58. The first kappa shape index (κ1) is 23.0. The van der Waals surface area contributed by atoms with Crippen molar-refractivity contribution in [2.45, 2.75) is 25.9 Å². The van der Waals surface area contributed by atoms with Crippen molar-refractivity contribution < 1.29 is 23.5 Å². The molecule has 0 aliphatic carbocycles. The van der Waals surface area contributed by atoms with E-state index in [4.69, 9.17) is 4.74 Å². The molecule has 3 aromatic rings. The van der Waals surface area contributed by atoms with Crippen molar-refractivity contribution >= 4 is 29.2 Å². The van der Waals surface area contributed by atoms with Crippen LogP contribution in [0.4, 0.5) is 20.6 Å². The van der Waals surface area contributed by atoms with E-state index in [1.165, 1.54) is 29.2 Å². The largest absolute Gasteiger partial charge is 0.497 e. The van der Waals surface area contributed by atoms with Gasteiger partial charge in [-0.15, -0.1) is 0 Å². The average molecular weight is 461 g/mol. The van der Waals surface area contributed by atoms with Gasteiger partial charge in [-0.3, -0.25) is 9.59 Å². The summed E-state index contributed by atoms with van der Waals surface area (Å²) in [4.78, 5) is 42.0. The highest BCUT2D eigenvalue weighted by Crippen LogP contribution is 2.29. The van der Waals surface area contributed by atoms with Crippen molar-refractivity contribution in [3.8, 4) is 5.75 Å². The van der Waals surface area contributed by atoms with Gasteiger partial charge in [0.25, 0.3) is 5.91 Å². The van der Waals surface area contributed by atoms with Gasteiger partial charge in [0.2, 0.25) is 5.91 Å². The number of rotatable bonds is 7. The summed E-state index contributed by atoms with van der Waals surface area (Å²) in [6.07, 6.45) is -0.236. The molecule has 0 aromatic heterocycles. The molecule has 1 N–H and O–H groups in total. The first-order chi connectivity index (χ1) is 16.4. The maximum atomic E-state index is 13.4. The van der Waals surface area contributed by atoms with Crippen LogP contribution in [0.1, 0.15) is 17.5 Å². The molecule has 4 amide bonds. The number of amides is 4. The summed E-state index contributed by atoms with van der Waals surface area (Å²) < 4.78 is 18.4. The van der Waals surface area contributed by atoms with Crippen molar-refractivity contribution in [1.29, 1.82) is 0 Å². The Labute approximate surface area is 196 Å². The maximum absolute atomic E-state index is 13.4. The molecule has 34 heavy (non-hydrogen) atoms. The Bertz CT molecular complexity index is 1210. The van der Waals surface area contributed by atoms with E-state index in [0.29, 0.717) is 17.1 Å². The van der Waals surface area contributed by atoms with Gasteiger partial charge in [0, 0.05) is 12.2 Å². The Morgan fingerprint density at radius 1 is 1.03 bits per heavy atom. The number of ether oxygens (including phenoxy) is 1.